The Morgan fingerprint density at radius 1 is 1.00 bits per heavy atom. The van der Waals surface area contributed by atoms with Crippen molar-refractivity contribution < 1.29 is 13.4 Å². The van der Waals surface area contributed by atoms with E-state index in [9.17, 15) is 9.00 Å². The van der Waals surface area contributed by atoms with E-state index in [-0.39, 0.29) is 10.9 Å². The summed E-state index contributed by atoms with van der Waals surface area (Å²) < 4.78 is 22.5. The summed E-state index contributed by atoms with van der Waals surface area (Å²) in [7, 11) is -3.46. The van der Waals surface area contributed by atoms with Gasteiger partial charge in [-0.2, -0.15) is 0 Å². The third-order valence-electron chi connectivity index (χ3n) is 8.50. The van der Waals surface area contributed by atoms with Crippen LogP contribution in [0.25, 0.3) is 0 Å². The summed E-state index contributed by atoms with van der Waals surface area (Å²) in [6.45, 7) is 20.3. The standard InChI is InChI=1S/C35H44N2O3SSi/c1-26-19-21-31(22-20-26)41(39)36-25-28(3)32(33(36)27(2)23-24-40-42(7,8)35(4,5)6)34(38)37(29-15-11-9-12-16-29)30-17-13-10-14-18-30/h9-23,32-33H,3,24-25H2,1-2,4-8H3/b27-23+/t32-,33+,41+/m1/s1. The molecule has 1 aliphatic rings. The molecule has 3 aromatic rings. The zero-order valence-electron chi connectivity index (χ0n) is 26.0. The molecule has 222 valence electrons. The molecule has 0 radical (unpaired) electrons. The predicted molar refractivity (Wildman–Crippen MR) is 178 cm³/mol. The first kappa shape index (κ1) is 31.8. The number of benzene rings is 3. The van der Waals surface area contributed by atoms with Crippen molar-refractivity contribution in [1.29, 1.82) is 0 Å². The first-order valence-corrected chi connectivity index (χ1v) is 18.5. The lowest BCUT2D eigenvalue weighted by Gasteiger charge is -2.36. The molecule has 0 unspecified atom stereocenters. The molecule has 0 aliphatic carbocycles. The van der Waals surface area contributed by atoms with E-state index in [0.717, 1.165) is 28.1 Å². The minimum atomic E-state index is -1.98. The van der Waals surface area contributed by atoms with Crippen LogP contribution in [0.3, 0.4) is 0 Å². The fourth-order valence-electron chi connectivity index (χ4n) is 4.95. The molecule has 42 heavy (non-hydrogen) atoms. The summed E-state index contributed by atoms with van der Waals surface area (Å²) in [5.74, 6) is -0.687. The van der Waals surface area contributed by atoms with Gasteiger partial charge in [0, 0.05) is 17.9 Å². The second-order valence-electron chi connectivity index (χ2n) is 12.6. The van der Waals surface area contributed by atoms with Gasteiger partial charge in [-0.05, 0) is 74.0 Å². The molecule has 3 atom stereocenters. The van der Waals surface area contributed by atoms with Gasteiger partial charge in [-0.15, -0.1) is 0 Å². The summed E-state index contributed by atoms with van der Waals surface area (Å²) in [6.07, 6.45) is 2.07. The van der Waals surface area contributed by atoms with E-state index in [4.69, 9.17) is 4.43 Å². The van der Waals surface area contributed by atoms with Crippen molar-refractivity contribution in [1.82, 2.24) is 4.31 Å². The maximum absolute atomic E-state index is 14.7. The fraction of sp³-hybridized carbons (Fsp3) is 0.343. The van der Waals surface area contributed by atoms with Crippen molar-refractivity contribution in [2.24, 2.45) is 5.92 Å². The second kappa shape index (κ2) is 13.0. The molecule has 3 aromatic carbocycles. The summed E-state index contributed by atoms with van der Waals surface area (Å²) in [4.78, 5) is 17.1. The number of nitrogens with zero attached hydrogens (tertiary/aromatic N) is 2. The molecule has 0 spiro atoms. The quantitative estimate of drug-likeness (QED) is 0.184. The van der Waals surface area contributed by atoms with Crippen LogP contribution in [-0.4, -0.2) is 41.9 Å². The van der Waals surface area contributed by atoms with Gasteiger partial charge < -0.3 is 4.43 Å². The maximum atomic E-state index is 14.7. The number of hydrogen-bond donors (Lipinski definition) is 0. The zero-order valence-corrected chi connectivity index (χ0v) is 27.8. The minimum absolute atomic E-state index is 0.0831. The highest BCUT2D eigenvalue weighted by Crippen LogP contribution is 2.40. The molecule has 1 heterocycles. The number of aryl methyl sites for hydroxylation is 1. The Morgan fingerprint density at radius 2 is 1.52 bits per heavy atom. The first-order valence-electron chi connectivity index (χ1n) is 14.5. The molecule has 1 amide bonds. The Morgan fingerprint density at radius 3 is 2.02 bits per heavy atom. The van der Waals surface area contributed by atoms with E-state index < -0.39 is 31.3 Å². The van der Waals surface area contributed by atoms with Crippen LogP contribution in [0.1, 0.15) is 33.3 Å². The van der Waals surface area contributed by atoms with Gasteiger partial charge in [0.15, 0.2) is 8.32 Å². The molecule has 0 bridgehead atoms. The van der Waals surface area contributed by atoms with Crippen LogP contribution in [0, 0.1) is 12.8 Å². The van der Waals surface area contributed by atoms with Crippen molar-refractivity contribution >= 4 is 36.6 Å². The van der Waals surface area contributed by atoms with Crippen LogP contribution >= 0.6 is 0 Å². The number of anilines is 2. The SMILES string of the molecule is C=C1CN([S@@](=O)c2ccc(C)cc2)[C@@H](/C(C)=C/CO[Si](C)(C)C(C)(C)C)[C@@H]1C(=O)N(c1ccccc1)c1ccccc1. The smallest absolute Gasteiger partial charge is 0.240 e. The highest BCUT2D eigenvalue weighted by Gasteiger charge is 2.47. The normalized spacial score (nSPS) is 19.1. The fourth-order valence-corrected chi connectivity index (χ4v) is 7.30. The Bertz CT molecular complexity index is 1410. The molecule has 5 nitrogen and oxygen atoms in total. The number of rotatable bonds is 9. The van der Waals surface area contributed by atoms with Crippen LogP contribution in [0.4, 0.5) is 11.4 Å². The van der Waals surface area contributed by atoms with Gasteiger partial charge in [0.05, 0.1) is 23.5 Å². The number of para-hydroxylation sites is 2. The number of amides is 1. The van der Waals surface area contributed by atoms with E-state index in [2.05, 4.69) is 46.5 Å². The Hall–Kier alpha value is -3.10. The lowest BCUT2D eigenvalue weighted by molar-refractivity contribution is -0.120. The van der Waals surface area contributed by atoms with Crippen molar-refractivity contribution in [2.45, 2.75) is 63.7 Å². The molecule has 0 saturated carbocycles. The Kier molecular flexibility index (Phi) is 9.88. The van der Waals surface area contributed by atoms with Gasteiger partial charge >= 0.3 is 0 Å². The number of carbonyl (C=O) groups is 1. The van der Waals surface area contributed by atoms with E-state index in [1.807, 2.05) is 103 Å². The van der Waals surface area contributed by atoms with Crippen molar-refractivity contribution in [3.63, 3.8) is 0 Å². The van der Waals surface area contributed by atoms with Gasteiger partial charge in [-0.25, -0.2) is 8.51 Å². The van der Waals surface area contributed by atoms with Gasteiger partial charge in [-0.1, -0.05) is 93.1 Å². The predicted octanol–water partition coefficient (Wildman–Crippen LogP) is 8.21. The van der Waals surface area contributed by atoms with Gasteiger partial charge in [-0.3, -0.25) is 9.69 Å². The highest BCUT2D eigenvalue weighted by atomic mass is 32.2. The minimum Gasteiger partial charge on any atom is -0.413 e. The highest BCUT2D eigenvalue weighted by molar-refractivity contribution is 7.82. The zero-order chi connectivity index (χ0) is 30.7. The summed E-state index contributed by atoms with van der Waals surface area (Å²) in [6, 6.07) is 26.7. The monoisotopic (exact) mass is 600 g/mol. The number of hydrogen-bond acceptors (Lipinski definition) is 3. The molecule has 0 N–H and O–H groups in total. The molecule has 7 heteroatoms. The van der Waals surface area contributed by atoms with Gasteiger partial charge in [0.25, 0.3) is 0 Å². The Labute approximate surface area is 255 Å². The van der Waals surface area contributed by atoms with E-state index in [1.165, 1.54) is 0 Å². The third-order valence-corrected chi connectivity index (χ3v) is 14.5. The van der Waals surface area contributed by atoms with Crippen LogP contribution in [0.5, 0.6) is 0 Å². The molecule has 1 fully saturated rings. The van der Waals surface area contributed by atoms with Crippen LogP contribution in [0.15, 0.2) is 114 Å². The first-order chi connectivity index (χ1) is 19.8. The Balaban J connectivity index is 1.76. The average Bonchev–Trinajstić information content (AvgIpc) is 3.30. The van der Waals surface area contributed by atoms with E-state index in [0.29, 0.717) is 18.0 Å². The second-order valence-corrected chi connectivity index (χ2v) is 18.8. The summed E-state index contributed by atoms with van der Waals surface area (Å²) >= 11 is 0. The largest absolute Gasteiger partial charge is 0.413 e. The van der Waals surface area contributed by atoms with Crippen LogP contribution < -0.4 is 4.90 Å². The van der Waals surface area contributed by atoms with Gasteiger partial charge in [0.1, 0.15) is 11.0 Å². The third kappa shape index (κ3) is 6.92. The molecule has 4 rings (SSSR count). The number of carbonyl (C=O) groups excluding carboxylic acids is 1. The molecule has 1 saturated heterocycles. The maximum Gasteiger partial charge on any atom is 0.240 e. The van der Waals surface area contributed by atoms with Crippen LogP contribution in [-0.2, 0) is 20.2 Å². The van der Waals surface area contributed by atoms with Gasteiger partial charge in [0.2, 0.25) is 5.91 Å². The van der Waals surface area contributed by atoms with E-state index in [1.54, 1.807) is 4.90 Å². The van der Waals surface area contributed by atoms with E-state index >= 15 is 0 Å². The van der Waals surface area contributed by atoms with Crippen molar-refractivity contribution in [2.75, 3.05) is 18.1 Å². The average molecular weight is 601 g/mol. The molecule has 0 aromatic heterocycles. The molecular weight excluding hydrogens is 557 g/mol. The lowest BCUT2D eigenvalue weighted by atomic mass is 9.90. The summed E-state index contributed by atoms with van der Waals surface area (Å²) in [5, 5.41) is 0.0831. The molecular formula is C35H44N2O3SSi. The molecule has 1 aliphatic heterocycles. The van der Waals surface area contributed by atoms with Crippen molar-refractivity contribution in [3.8, 4) is 0 Å². The lowest BCUT2D eigenvalue weighted by Crippen LogP contribution is -2.43. The topological polar surface area (TPSA) is 49.9 Å². The van der Waals surface area contributed by atoms with Crippen molar-refractivity contribution in [3.05, 3.63) is 114 Å². The summed E-state index contributed by atoms with van der Waals surface area (Å²) in [5.41, 5.74) is 4.36. The van der Waals surface area contributed by atoms with Crippen LogP contribution in [0.2, 0.25) is 18.1 Å².